The summed E-state index contributed by atoms with van der Waals surface area (Å²) in [6, 6.07) is 31.5. The summed E-state index contributed by atoms with van der Waals surface area (Å²) in [6.45, 7) is 20.3. The molecule has 2 heterocycles. The predicted octanol–water partition coefficient (Wildman–Crippen LogP) is 11.2. The summed E-state index contributed by atoms with van der Waals surface area (Å²) in [4.78, 5) is 10.9. The number of hydrogen-bond acceptors (Lipinski definition) is 4. The van der Waals surface area contributed by atoms with Gasteiger partial charge in [-0.3, -0.25) is 0 Å². The number of phenols is 1. The summed E-state index contributed by atoms with van der Waals surface area (Å²) in [5.74, 6) is 0.219. The topological polar surface area (TPSA) is 46.0 Å². The molecule has 0 aliphatic carbocycles. The molecule has 0 saturated heterocycles. The number of rotatable bonds is 5. The monoisotopic (exact) mass is 600 g/mol. The molecule has 0 aliphatic rings. The van der Waals surface area contributed by atoms with Gasteiger partial charge in [0, 0.05) is 22.2 Å². The lowest BCUT2D eigenvalue weighted by molar-refractivity contribution is 0.477. The van der Waals surface area contributed by atoms with Gasteiger partial charge in [0.1, 0.15) is 10.8 Å². The number of hydrogen-bond donors (Lipinski definition) is 1. The fraction of sp³-hybridized carbons (Fsp3) is 0.300. The number of nitrogens with zero attached hydrogens (tertiary/aromatic N) is 2. The first kappa shape index (κ1) is 31.5. The number of benzene rings is 3. The minimum atomic E-state index is -0.0593. The summed E-state index contributed by atoms with van der Waals surface area (Å²) in [5.41, 5.74) is 9.34. The maximum absolute atomic E-state index is 10.9. The molecule has 0 aliphatic heterocycles. The molecule has 5 aromatic rings. The van der Waals surface area contributed by atoms with Crippen LogP contribution in [0, 0.1) is 0 Å². The highest BCUT2D eigenvalue weighted by Gasteiger charge is 2.23. The van der Waals surface area contributed by atoms with Gasteiger partial charge in [-0.25, -0.2) is 9.97 Å². The van der Waals surface area contributed by atoms with Crippen LogP contribution in [-0.2, 0) is 16.2 Å². The second kappa shape index (κ2) is 11.9. The summed E-state index contributed by atoms with van der Waals surface area (Å²) in [5, 5.41) is 11.9. The van der Waals surface area contributed by atoms with Gasteiger partial charge in [0.2, 0.25) is 0 Å². The minimum absolute atomic E-state index is 0.00889. The molecule has 0 spiro atoms. The van der Waals surface area contributed by atoms with Crippen LogP contribution < -0.4 is 0 Å². The largest absolute Gasteiger partial charge is 0.507 e. The molecule has 3 nitrogen and oxygen atoms in total. The Hall–Kier alpha value is -3.89. The van der Waals surface area contributed by atoms with Gasteiger partial charge in [-0.05, 0) is 98.7 Å². The minimum Gasteiger partial charge on any atom is -0.507 e. The van der Waals surface area contributed by atoms with E-state index in [2.05, 4.69) is 116 Å². The Kier molecular flexibility index (Phi) is 8.52. The van der Waals surface area contributed by atoms with Crippen LogP contribution in [0.2, 0.25) is 0 Å². The Balaban J connectivity index is 1.77. The van der Waals surface area contributed by atoms with Gasteiger partial charge in [-0.1, -0.05) is 110 Å². The Morgan fingerprint density at radius 2 is 1.09 bits per heavy atom. The molecule has 2 aromatic heterocycles. The first-order valence-electron chi connectivity index (χ1n) is 15.3. The van der Waals surface area contributed by atoms with Crippen molar-refractivity contribution in [1.82, 2.24) is 9.97 Å². The lowest BCUT2D eigenvalue weighted by atomic mass is 9.79. The van der Waals surface area contributed by atoms with E-state index >= 15 is 0 Å². The Bertz CT molecular complexity index is 1760. The van der Waals surface area contributed by atoms with E-state index in [9.17, 15) is 5.11 Å². The van der Waals surface area contributed by atoms with Crippen LogP contribution in [0.3, 0.4) is 0 Å². The third-order valence-corrected chi connectivity index (χ3v) is 8.85. The number of para-hydroxylation sites is 1. The van der Waals surface area contributed by atoms with E-state index in [1.807, 2.05) is 42.6 Å². The maximum Gasteiger partial charge on any atom is 0.124 e. The Morgan fingerprint density at radius 3 is 1.68 bits per heavy atom. The van der Waals surface area contributed by atoms with Gasteiger partial charge < -0.3 is 5.11 Å². The summed E-state index contributed by atoms with van der Waals surface area (Å²) in [6.07, 6.45) is 1.83. The highest BCUT2D eigenvalue weighted by molar-refractivity contribution is 7.99. The second-order valence-electron chi connectivity index (χ2n) is 14.7. The fourth-order valence-electron chi connectivity index (χ4n) is 5.10. The molecule has 44 heavy (non-hydrogen) atoms. The van der Waals surface area contributed by atoms with Gasteiger partial charge in [0.15, 0.2) is 0 Å². The standard InChI is InChI=1S/C40H44N2OS/c1-38(2,3)29-18-26(19-30(24-29)39(4,5)6)27-22-34(42-35(23-27)33-14-10-11-15-36(33)43)28-20-31(40(7,8)9)25-32(21-28)44-37-16-12-13-17-41-37/h10-25,43H,1-9H3. The zero-order valence-corrected chi connectivity index (χ0v) is 28.3. The molecule has 1 N–H and O–H groups in total. The zero-order valence-electron chi connectivity index (χ0n) is 27.5. The quantitative estimate of drug-likeness (QED) is 0.218. The van der Waals surface area contributed by atoms with E-state index in [4.69, 9.17) is 4.98 Å². The van der Waals surface area contributed by atoms with E-state index < -0.39 is 0 Å². The van der Waals surface area contributed by atoms with Crippen molar-refractivity contribution in [2.75, 3.05) is 0 Å². The van der Waals surface area contributed by atoms with Gasteiger partial charge in [0.25, 0.3) is 0 Å². The molecule has 0 radical (unpaired) electrons. The average Bonchev–Trinajstić information content (AvgIpc) is 2.96. The van der Waals surface area contributed by atoms with Crippen LogP contribution >= 0.6 is 11.8 Å². The molecule has 4 heteroatoms. The van der Waals surface area contributed by atoms with Crippen molar-refractivity contribution < 1.29 is 5.11 Å². The summed E-state index contributed by atoms with van der Waals surface area (Å²) < 4.78 is 0. The molecule has 0 atom stereocenters. The third-order valence-electron chi connectivity index (χ3n) is 7.93. The highest BCUT2D eigenvalue weighted by Crippen LogP contribution is 2.40. The van der Waals surface area contributed by atoms with Crippen molar-refractivity contribution in [1.29, 1.82) is 0 Å². The van der Waals surface area contributed by atoms with E-state index in [1.165, 1.54) is 16.7 Å². The smallest absolute Gasteiger partial charge is 0.124 e. The molecular formula is C40H44N2OS. The normalized spacial score (nSPS) is 12.4. The Morgan fingerprint density at radius 1 is 0.545 bits per heavy atom. The number of aromatic hydroxyl groups is 1. The van der Waals surface area contributed by atoms with Crippen molar-refractivity contribution in [2.45, 2.75) is 88.5 Å². The molecule has 0 saturated carbocycles. The summed E-state index contributed by atoms with van der Waals surface area (Å²) >= 11 is 1.66. The molecule has 3 aromatic carbocycles. The fourth-order valence-corrected chi connectivity index (χ4v) is 5.97. The predicted molar refractivity (Wildman–Crippen MR) is 187 cm³/mol. The molecule has 0 amide bonds. The molecule has 0 unspecified atom stereocenters. The number of phenolic OH excluding ortho intramolecular Hbond substituents is 1. The van der Waals surface area contributed by atoms with Crippen molar-refractivity contribution in [3.05, 3.63) is 114 Å². The molecule has 226 valence electrons. The number of aromatic nitrogens is 2. The van der Waals surface area contributed by atoms with Gasteiger partial charge in [-0.2, -0.15) is 0 Å². The van der Waals surface area contributed by atoms with Crippen molar-refractivity contribution in [3.63, 3.8) is 0 Å². The van der Waals surface area contributed by atoms with Crippen LogP contribution in [0.1, 0.15) is 79.0 Å². The molecule has 0 fully saturated rings. The lowest BCUT2D eigenvalue weighted by Crippen LogP contribution is -2.16. The van der Waals surface area contributed by atoms with E-state index in [1.54, 1.807) is 17.8 Å². The van der Waals surface area contributed by atoms with Crippen LogP contribution in [0.15, 0.2) is 107 Å². The lowest BCUT2D eigenvalue weighted by Gasteiger charge is -2.26. The number of pyridine rings is 2. The van der Waals surface area contributed by atoms with Gasteiger partial charge >= 0.3 is 0 Å². The summed E-state index contributed by atoms with van der Waals surface area (Å²) in [7, 11) is 0. The van der Waals surface area contributed by atoms with E-state index in [-0.39, 0.29) is 22.0 Å². The average molecular weight is 601 g/mol. The van der Waals surface area contributed by atoms with E-state index in [0.717, 1.165) is 38.0 Å². The first-order chi connectivity index (χ1) is 20.6. The van der Waals surface area contributed by atoms with Crippen LogP contribution in [-0.4, -0.2) is 15.1 Å². The SMILES string of the molecule is CC(C)(C)c1cc(Sc2ccccn2)cc(-c2cc(-c3cc(C(C)(C)C)cc(C(C)(C)C)c3)cc(-c3ccccc3O)n2)c1. The van der Waals surface area contributed by atoms with Crippen molar-refractivity contribution in [3.8, 4) is 39.4 Å². The third kappa shape index (κ3) is 7.25. The van der Waals surface area contributed by atoms with Crippen molar-refractivity contribution in [2.24, 2.45) is 0 Å². The maximum atomic E-state index is 10.9. The Labute approximate surface area is 267 Å². The van der Waals surface area contributed by atoms with Gasteiger partial charge in [-0.15, -0.1) is 0 Å². The highest BCUT2D eigenvalue weighted by atomic mass is 32.2. The molecular weight excluding hydrogens is 557 g/mol. The van der Waals surface area contributed by atoms with E-state index in [0.29, 0.717) is 5.56 Å². The van der Waals surface area contributed by atoms with Crippen molar-refractivity contribution >= 4 is 11.8 Å². The van der Waals surface area contributed by atoms with Crippen LogP contribution in [0.5, 0.6) is 5.75 Å². The van der Waals surface area contributed by atoms with Crippen LogP contribution in [0.4, 0.5) is 0 Å². The van der Waals surface area contributed by atoms with Crippen LogP contribution in [0.25, 0.3) is 33.6 Å². The second-order valence-corrected chi connectivity index (χ2v) is 15.8. The molecule has 5 rings (SSSR count). The first-order valence-corrected chi connectivity index (χ1v) is 16.1. The molecule has 0 bridgehead atoms. The van der Waals surface area contributed by atoms with Gasteiger partial charge in [0.05, 0.1) is 11.4 Å². The zero-order chi connectivity index (χ0) is 31.9.